The van der Waals surface area contributed by atoms with Gasteiger partial charge in [-0.25, -0.2) is 0 Å². The molecule has 19 heavy (non-hydrogen) atoms. The number of benzene rings is 3. The Balaban J connectivity index is 2.04. The number of fused-ring (bicyclic) bond motifs is 1. The van der Waals surface area contributed by atoms with Crippen LogP contribution in [0, 0.1) is 0 Å². The largest absolute Gasteiger partial charge is 0.289 e. The van der Waals surface area contributed by atoms with E-state index in [1.54, 1.807) is 24.3 Å². The summed E-state index contributed by atoms with van der Waals surface area (Å²) in [5, 5.41) is 2.84. The minimum atomic E-state index is 0.0161. The molecule has 92 valence electrons. The van der Waals surface area contributed by atoms with E-state index >= 15 is 0 Å². The van der Waals surface area contributed by atoms with Gasteiger partial charge in [0.25, 0.3) is 0 Å². The van der Waals surface area contributed by atoms with Crippen LogP contribution in [0.4, 0.5) is 0 Å². The molecule has 0 saturated heterocycles. The minimum absolute atomic E-state index is 0.0161. The van der Waals surface area contributed by atoms with E-state index < -0.39 is 0 Å². The van der Waals surface area contributed by atoms with Crippen LogP contribution in [0.1, 0.15) is 15.9 Å². The molecule has 0 atom stereocenters. The molecule has 0 bridgehead atoms. The summed E-state index contributed by atoms with van der Waals surface area (Å²) in [5.41, 5.74) is 1.35. The zero-order chi connectivity index (χ0) is 13.2. The third-order valence-electron chi connectivity index (χ3n) is 3.12. The first kappa shape index (κ1) is 11.9. The van der Waals surface area contributed by atoms with Crippen molar-refractivity contribution >= 4 is 28.2 Å². The normalized spacial score (nSPS) is 10.6. The molecule has 1 nitrogen and oxygen atoms in total. The van der Waals surface area contributed by atoms with Crippen LogP contribution in [-0.2, 0) is 0 Å². The van der Waals surface area contributed by atoms with Gasteiger partial charge in [0.05, 0.1) is 0 Å². The van der Waals surface area contributed by atoms with Crippen LogP contribution < -0.4 is 0 Å². The molecule has 0 aliphatic rings. The van der Waals surface area contributed by atoms with Crippen molar-refractivity contribution < 1.29 is 4.79 Å². The molecule has 0 N–H and O–H groups in total. The summed E-state index contributed by atoms with van der Waals surface area (Å²) in [5.74, 6) is 0.0161. The smallest absolute Gasteiger partial charge is 0.193 e. The molecule has 2 heteroatoms. The molecule has 0 saturated carbocycles. The summed E-state index contributed by atoms with van der Waals surface area (Å²) >= 11 is 5.83. The number of ketones is 1. The average Bonchev–Trinajstić information content (AvgIpc) is 2.47. The van der Waals surface area contributed by atoms with E-state index in [1.807, 2.05) is 42.5 Å². The maximum atomic E-state index is 12.4. The van der Waals surface area contributed by atoms with E-state index in [2.05, 4.69) is 0 Å². The second-order valence-corrected chi connectivity index (χ2v) is 4.83. The van der Waals surface area contributed by atoms with E-state index in [4.69, 9.17) is 11.6 Å². The molecule has 3 aromatic rings. The van der Waals surface area contributed by atoms with Crippen LogP contribution in [0.2, 0.25) is 5.02 Å². The molecule has 3 rings (SSSR count). The topological polar surface area (TPSA) is 17.1 Å². The fourth-order valence-electron chi connectivity index (χ4n) is 2.10. The summed E-state index contributed by atoms with van der Waals surface area (Å²) in [6.07, 6.45) is 0. The fourth-order valence-corrected chi connectivity index (χ4v) is 2.22. The molecule has 0 aliphatic heterocycles. The highest BCUT2D eigenvalue weighted by Gasteiger charge is 2.09. The Hall–Kier alpha value is -2.12. The van der Waals surface area contributed by atoms with Crippen molar-refractivity contribution in [2.24, 2.45) is 0 Å². The SMILES string of the molecule is O=C(c1ccc(Cl)cc1)c1ccc2ccccc2c1. The Morgan fingerprint density at radius 2 is 1.37 bits per heavy atom. The van der Waals surface area contributed by atoms with E-state index in [0.29, 0.717) is 16.1 Å². The predicted octanol–water partition coefficient (Wildman–Crippen LogP) is 4.72. The van der Waals surface area contributed by atoms with Gasteiger partial charge in [-0.3, -0.25) is 4.79 Å². The number of hydrogen-bond acceptors (Lipinski definition) is 1. The van der Waals surface area contributed by atoms with Gasteiger partial charge in [-0.2, -0.15) is 0 Å². The molecule has 0 fully saturated rings. The lowest BCUT2D eigenvalue weighted by Gasteiger charge is -2.03. The van der Waals surface area contributed by atoms with Gasteiger partial charge in [-0.15, -0.1) is 0 Å². The summed E-state index contributed by atoms with van der Waals surface area (Å²) in [6, 6.07) is 20.7. The quantitative estimate of drug-likeness (QED) is 0.613. The number of hydrogen-bond donors (Lipinski definition) is 0. The van der Waals surface area contributed by atoms with Gasteiger partial charge in [0.1, 0.15) is 0 Å². The lowest BCUT2D eigenvalue weighted by molar-refractivity contribution is 0.103. The third kappa shape index (κ3) is 2.38. The van der Waals surface area contributed by atoms with E-state index in [-0.39, 0.29) is 5.78 Å². The standard InChI is InChI=1S/C17H11ClO/c18-16-9-7-13(8-10-16)17(19)15-6-5-12-3-1-2-4-14(12)11-15/h1-11H. The molecule has 0 heterocycles. The van der Waals surface area contributed by atoms with Crippen molar-refractivity contribution in [3.05, 3.63) is 82.9 Å². The maximum absolute atomic E-state index is 12.4. The van der Waals surface area contributed by atoms with Crippen molar-refractivity contribution in [2.75, 3.05) is 0 Å². The zero-order valence-corrected chi connectivity index (χ0v) is 10.9. The average molecular weight is 267 g/mol. The summed E-state index contributed by atoms with van der Waals surface area (Å²) in [7, 11) is 0. The summed E-state index contributed by atoms with van der Waals surface area (Å²) in [6.45, 7) is 0. The highest BCUT2D eigenvalue weighted by atomic mass is 35.5. The van der Waals surface area contributed by atoms with E-state index in [1.165, 1.54) is 0 Å². The predicted molar refractivity (Wildman–Crippen MR) is 78.8 cm³/mol. The summed E-state index contributed by atoms with van der Waals surface area (Å²) in [4.78, 5) is 12.4. The molecular weight excluding hydrogens is 256 g/mol. The van der Waals surface area contributed by atoms with Crippen LogP contribution >= 0.6 is 11.6 Å². The van der Waals surface area contributed by atoms with Crippen molar-refractivity contribution in [2.45, 2.75) is 0 Å². The highest BCUT2D eigenvalue weighted by molar-refractivity contribution is 6.30. The highest BCUT2D eigenvalue weighted by Crippen LogP contribution is 2.19. The van der Waals surface area contributed by atoms with Crippen LogP contribution in [0.15, 0.2) is 66.7 Å². The van der Waals surface area contributed by atoms with Crippen molar-refractivity contribution in [3.8, 4) is 0 Å². The number of carbonyl (C=O) groups is 1. The van der Waals surface area contributed by atoms with Gasteiger partial charge in [-0.1, -0.05) is 48.0 Å². The lowest BCUT2D eigenvalue weighted by atomic mass is 10.00. The molecule has 0 amide bonds. The molecule has 3 aromatic carbocycles. The van der Waals surface area contributed by atoms with Gasteiger partial charge >= 0.3 is 0 Å². The fraction of sp³-hybridized carbons (Fsp3) is 0. The Kier molecular flexibility index (Phi) is 3.06. The van der Waals surface area contributed by atoms with Gasteiger partial charge in [0.15, 0.2) is 5.78 Å². The first-order valence-electron chi connectivity index (χ1n) is 6.03. The van der Waals surface area contributed by atoms with E-state index in [0.717, 1.165) is 10.8 Å². The number of carbonyl (C=O) groups excluding carboxylic acids is 1. The third-order valence-corrected chi connectivity index (χ3v) is 3.37. The van der Waals surface area contributed by atoms with E-state index in [9.17, 15) is 4.79 Å². The molecule has 0 aromatic heterocycles. The maximum Gasteiger partial charge on any atom is 0.193 e. The Morgan fingerprint density at radius 1 is 0.737 bits per heavy atom. The monoisotopic (exact) mass is 266 g/mol. The van der Waals surface area contributed by atoms with Crippen LogP contribution in [-0.4, -0.2) is 5.78 Å². The van der Waals surface area contributed by atoms with Gasteiger partial charge < -0.3 is 0 Å². The Bertz CT molecular complexity index is 745. The molecular formula is C17H11ClO. The molecule has 0 radical (unpaired) electrons. The zero-order valence-electron chi connectivity index (χ0n) is 10.1. The lowest BCUT2D eigenvalue weighted by Crippen LogP contribution is -2.00. The van der Waals surface area contributed by atoms with Crippen molar-refractivity contribution in [1.82, 2.24) is 0 Å². The molecule has 0 aliphatic carbocycles. The van der Waals surface area contributed by atoms with Gasteiger partial charge in [0, 0.05) is 16.1 Å². The molecule has 0 spiro atoms. The first-order valence-corrected chi connectivity index (χ1v) is 6.41. The molecule has 0 unspecified atom stereocenters. The second-order valence-electron chi connectivity index (χ2n) is 4.40. The Labute approximate surface area is 116 Å². The van der Waals surface area contributed by atoms with Crippen molar-refractivity contribution in [3.63, 3.8) is 0 Å². The number of halogens is 1. The first-order chi connectivity index (χ1) is 9.24. The van der Waals surface area contributed by atoms with Crippen LogP contribution in [0.25, 0.3) is 10.8 Å². The van der Waals surface area contributed by atoms with Gasteiger partial charge in [0.2, 0.25) is 0 Å². The van der Waals surface area contributed by atoms with Crippen molar-refractivity contribution in [1.29, 1.82) is 0 Å². The second kappa shape index (κ2) is 4.87. The minimum Gasteiger partial charge on any atom is -0.289 e. The summed E-state index contributed by atoms with van der Waals surface area (Å²) < 4.78 is 0. The van der Waals surface area contributed by atoms with Crippen LogP contribution in [0.3, 0.4) is 0 Å². The Morgan fingerprint density at radius 3 is 2.11 bits per heavy atom. The van der Waals surface area contributed by atoms with Gasteiger partial charge in [-0.05, 0) is 41.1 Å². The van der Waals surface area contributed by atoms with Crippen LogP contribution in [0.5, 0.6) is 0 Å². The number of rotatable bonds is 2.